The Balaban J connectivity index is 0.000000212. The van der Waals surface area contributed by atoms with Gasteiger partial charge in [-0.15, -0.1) is 0 Å². The zero-order chi connectivity index (χ0) is 24.4. The Morgan fingerprint density at radius 1 is 0.588 bits per heavy atom. The first-order valence-electron chi connectivity index (χ1n) is 10.8. The molecule has 0 bridgehead atoms. The summed E-state index contributed by atoms with van der Waals surface area (Å²) in [5.74, 6) is 0.909. The third kappa shape index (κ3) is 8.61. The van der Waals surface area contributed by atoms with Crippen LogP contribution in [0.25, 0.3) is 0 Å². The van der Waals surface area contributed by atoms with Crippen molar-refractivity contribution in [3.8, 4) is 11.5 Å². The van der Waals surface area contributed by atoms with Gasteiger partial charge in [0.2, 0.25) is 0 Å². The predicted molar refractivity (Wildman–Crippen MR) is 139 cm³/mol. The third-order valence-electron chi connectivity index (χ3n) is 4.26. The molecule has 0 saturated carbocycles. The van der Waals surface area contributed by atoms with Crippen LogP contribution < -0.4 is 8.92 Å². The van der Waals surface area contributed by atoms with Crippen LogP contribution in [0.5, 0.6) is 11.5 Å². The molecule has 0 aliphatic heterocycles. The second kappa shape index (κ2) is 11.8. The van der Waals surface area contributed by atoms with E-state index in [1.807, 2.05) is 32.9 Å². The second-order valence-corrected chi connectivity index (χ2v) is 11.1. The highest BCUT2D eigenvalue weighted by molar-refractivity contribution is 7.87. The average molecular weight is 494 g/mol. The summed E-state index contributed by atoms with van der Waals surface area (Å²) in [4.78, 5) is 2.81. The molecule has 34 heavy (non-hydrogen) atoms. The van der Waals surface area contributed by atoms with Gasteiger partial charge in [-0.3, -0.25) is 0 Å². The van der Waals surface area contributed by atoms with Gasteiger partial charge in [0, 0.05) is 11.8 Å². The lowest BCUT2D eigenvalue weighted by atomic mass is 10.2. The molecule has 4 aromatic carbocycles. The van der Waals surface area contributed by atoms with Crippen molar-refractivity contribution in [2.75, 3.05) is 0 Å². The molecule has 0 heterocycles. The fourth-order valence-corrected chi connectivity index (χ4v) is 4.72. The third-order valence-corrected chi connectivity index (χ3v) is 6.63. The summed E-state index contributed by atoms with van der Waals surface area (Å²) in [5.41, 5.74) is -0.307. The summed E-state index contributed by atoms with van der Waals surface area (Å²) in [6.07, 6.45) is 0. The first kappa shape index (κ1) is 25.4. The minimum atomic E-state index is -3.80. The van der Waals surface area contributed by atoms with Crippen LogP contribution in [0, 0.1) is 0 Å². The Labute approximate surface area is 206 Å². The molecule has 0 radical (unpaired) electrons. The molecular formula is C28H29O4S2+. The number of benzene rings is 4. The van der Waals surface area contributed by atoms with Crippen molar-refractivity contribution >= 4 is 21.9 Å². The monoisotopic (exact) mass is 493 g/mol. The van der Waals surface area contributed by atoms with Crippen molar-refractivity contribution in [1.82, 2.24) is 0 Å². The smallest absolute Gasteiger partial charge is 0.339 e. The molecule has 6 heteroatoms. The van der Waals surface area contributed by atoms with Gasteiger partial charge in [-0.25, -0.2) is 0 Å². The van der Waals surface area contributed by atoms with E-state index in [2.05, 4.69) is 48.5 Å². The summed E-state index contributed by atoms with van der Waals surface area (Å²) in [7, 11) is -3.80. The summed E-state index contributed by atoms with van der Waals surface area (Å²) < 4.78 is 34.9. The molecule has 0 spiro atoms. The van der Waals surface area contributed by atoms with E-state index in [-0.39, 0.29) is 16.2 Å². The Morgan fingerprint density at radius 2 is 1.00 bits per heavy atom. The van der Waals surface area contributed by atoms with Crippen molar-refractivity contribution in [3.63, 3.8) is 0 Å². The van der Waals surface area contributed by atoms with E-state index in [4.69, 9.17) is 8.92 Å². The van der Waals surface area contributed by atoms with Gasteiger partial charge in [-0.05, 0) is 81.4 Å². The summed E-state index contributed by atoms with van der Waals surface area (Å²) in [6, 6.07) is 35.5. The van der Waals surface area contributed by atoms with E-state index in [0.717, 1.165) is 0 Å². The van der Waals surface area contributed by atoms with Gasteiger partial charge in [0.05, 0.1) is 0 Å². The fourth-order valence-electron chi connectivity index (χ4n) is 2.83. The topological polar surface area (TPSA) is 52.6 Å². The van der Waals surface area contributed by atoms with Crippen LogP contribution in [-0.4, -0.2) is 14.0 Å². The highest BCUT2D eigenvalue weighted by atomic mass is 32.2. The van der Waals surface area contributed by atoms with Crippen molar-refractivity contribution in [1.29, 1.82) is 0 Å². The molecule has 0 aliphatic rings. The quantitative estimate of drug-likeness (QED) is 0.174. The van der Waals surface area contributed by atoms with E-state index >= 15 is 0 Å². The van der Waals surface area contributed by atoms with Crippen molar-refractivity contribution in [2.45, 2.75) is 41.1 Å². The molecule has 4 aromatic rings. The normalized spacial score (nSPS) is 11.1. The molecule has 0 N–H and O–H groups in total. The first-order valence-corrected chi connectivity index (χ1v) is 13.1. The Morgan fingerprint density at radius 3 is 1.44 bits per heavy atom. The maximum Gasteiger partial charge on any atom is 0.339 e. The van der Waals surface area contributed by atoms with E-state index in [1.54, 1.807) is 42.5 Å². The van der Waals surface area contributed by atoms with Gasteiger partial charge in [0.1, 0.15) is 22.0 Å². The fraction of sp³-hybridized carbons (Fsp3) is 0.143. The average Bonchev–Trinajstić information content (AvgIpc) is 2.82. The Hall–Kier alpha value is -3.22. The Bertz CT molecular complexity index is 1200. The van der Waals surface area contributed by atoms with Gasteiger partial charge >= 0.3 is 10.1 Å². The molecule has 176 valence electrons. The zero-order valence-corrected chi connectivity index (χ0v) is 21.2. The first-order chi connectivity index (χ1) is 16.2. The Kier molecular flexibility index (Phi) is 8.79. The molecule has 0 fully saturated rings. The van der Waals surface area contributed by atoms with Crippen molar-refractivity contribution in [3.05, 3.63) is 115 Å². The maximum atomic E-state index is 12.1. The van der Waals surface area contributed by atoms with Crippen LogP contribution in [0.15, 0.2) is 130 Å². The SMILES string of the molecule is CC(C)(C)Oc1ccc(OS(=O)(=O)c2ccccc2)cc1.c1ccc([SH+]c2ccccc2)cc1. The highest BCUT2D eigenvalue weighted by Crippen LogP contribution is 2.24. The minimum absolute atomic E-state index is 0.125. The van der Waals surface area contributed by atoms with E-state index < -0.39 is 10.1 Å². The number of hydrogen-bond acceptors (Lipinski definition) is 4. The minimum Gasteiger partial charge on any atom is -0.488 e. The molecule has 0 amide bonds. The molecule has 0 unspecified atom stereocenters. The molecule has 0 atom stereocenters. The lowest BCUT2D eigenvalue weighted by Crippen LogP contribution is -2.22. The van der Waals surface area contributed by atoms with Crippen LogP contribution in [-0.2, 0) is 21.9 Å². The van der Waals surface area contributed by atoms with Gasteiger partial charge in [0.25, 0.3) is 0 Å². The number of rotatable bonds is 6. The molecule has 0 saturated heterocycles. The van der Waals surface area contributed by atoms with Gasteiger partial charge in [-0.2, -0.15) is 8.42 Å². The van der Waals surface area contributed by atoms with Crippen molar-refractivity contribution < 1.29 is 17.3 Å². The van der Waals surface area contributed by atoms with Crippen LogP contribution >= 0.6 is 0 Å². The van der Waals surface area contributed by atoms with Crippen LogP contribution in [0.1, 0.15) is 20.8 Å². The highest BCUT2D eigenvalue weighted by Gasteiger charge is 2.16. The summed E-state index contributed by atoms with van der Waals surface area (Å²) >= 11 is 1.28. The lowest BCUT2D eigenvalue weighted by molar-refractivity contribution is 0.131. The molecule has 0 aliphatic carbocycles. The summed E-state index contributed by atoms with van der Waals surface area (Å²) in [6.45, 7) is 5.83. The van der Waals surface area contributed by atoms with Crippen LogP contribution in [0.2, 0.25) is 0 Å². The van der Waals surface area contributed by atoms with Crippen molar-refractivity contribution in [2.24, 2.45) is 0 Å². The molecule has 4 nitrogen and oxygen atoms in total. The predicted octanol–water partition coefficient (Wildman–Crippen LogP) is 6.55. The van der Waals surface area contributed by atoms with Crippen LogP contribution in [0.3, 0.4) is 0 Å². The van der Waals surface area contributed by atoms with Gasteiger partial charge in [-0.1, -0.05) is 54.6 Å². The van der Waals surface area contributed by atoms with E-state index in [1.165, 1.54) is 33.7 Å². The number of ether oxygens (including phenoxy) is 1. The number of hydrogen-bond donors (Lipinski definition) is 0. The number of thiol groups is 1. The zero-order valence-electron chi connectivity index (χ0n) is 19.5. The maximum absolute atomic E-state index is 12.1. The van der Waals surface area contributed by atoms with Gasteiger partial charge in [0.15, 0.2) is 9.79 Å². The molecule has 4 rings (SSSR count). The molecule has 0 aromatic heterocycles. The largest absolute Gasteiger partial charge is 0.488 e. The molecular weight excluding hydrogens is 464 g/mol. The van der Waals surface area contributed by atoms with Crippen LogP contribution in [0.4, 0.5) is 0 Å². The van der Waals surface area contributed by atoms with E-state index in [0.29, 0.717) is 5.75 Å². The van der Waals surface area contributed by atoms with Gasteiger partial charge < -0.3 is 8.92 Å². The standard InChI is InChI=1S/C16H18O4S.C12H10S/c1-16(2,3)19-13-9-11-14(12-10-13)20-21(17,18)15-7-5-4-6-8-15;1-3-7-11(8-4-1)13-12-9-5-2-6-10-12/h4-12H,1-3H3;1-10H/p+1. The summed E-state index contributed by atoms with van der Waals surface area (Å²) in [5, 5.41) is 0. The van der Waals surface area contributed by atoms with E-state index in [9.17, 15) is 8.42 Å². The second-order valence-electron chi connectivity index (χ2n) is 8.32. The lowest BCUT2D eigenvalue weighted by Gasteiger charge is -2.21.